The Morgan fingerprint density at radius 3 is 2.76 bits per heavy atom. The molecule has 2 aliphatic rings. The Balaban J connectivity index is 1.48. The van der Waals surface area contributed by atoms with Crippen molar-refractivity contribution in [2.75, 3.05) is 32.9 Å². The number of nitrogens with zero attached hydrogens (tertiary/aromatic N) is 1. The van der Waals surface area contributed by atoms with Gasteiger partial charge in [0.2, 0.25) is 10.0 Å². The number of hydrogen-bond acceptors (Lipinski definition) is 5. The van der Waals surface area contributed by atoms with E-state index in [9.17, 15) is 8.42 Å². The third-order valence-corrected chi connectivity index (χ3v) is 6.85. The molecule has 1 aromatic heterocycles. The van der Waals surface area contributed by atoms with Crippen molar-refractivity contribution in [2.45, 2.75) is 30.3 Å². The van der Waals surface area contributed by atoms with Gasteiger partial charge in [0, 0.05) is 31.0 Å². The Kier molecular flexibility index (Phi) is 4.96. The van der Waals surface area contributed by atoms with Crippen LogP contribution in [-0.4, -0.2) is 51.7 Å². The minimum Gasteiger partial charge on any atom is -0.381 e. The second kappa shape index (κ2) is 6.75. The summed E-state index contributed by atoms with van der Waals surface area (Å²) in [6.45, 7) is 3.46. The highest BCUT2D eigenvalue weighted by Crippen LogP contribution is 2.24. The molecule has 0 radical (unpaired) electrons. The van der Waals surface area contributed by atoms with Crippen molar-refractivity contribution in [3.63, 3.8) is 0 Å². The van der Waals surface area contributed by atoms with Crippen LogP contribution in [0.5, 0.6) is 0 Å². The van der Waals surface area contributed by atoms with Crippen LogP contribution >= 0.6 is 11.3 Å². The molecule has 1 unspecified atom stereocenters. The van der Waals surface area contributed by atoms with E-state index < -0.39 is 10.0 Å². The Hall–Kier alpha value is -0.470. The number of piperidine rings is 1. The monoisotopic (exact) mass is 331 g/mol. The predicted molar refractivity (Wildman–Crippen MR) is 81.0 cm³/mol. The molecule has 1 aromatic rings. The van der Waals surface area contributed by atoms with Gasteiger partial charge in [0.05, 0.1) is 24.2 Å². The first kappa shape index (κ1) is 15.4. The minimum atomic E-state index is -3.30. The van der Waals surface area contributed by atoms with Crippen LogP contribution in [-0.2, 0) is 19.5 Å². The summed E-state index contributed by atoms with van der Waals surface area (Å²) in [4.78, 5) is 0.412. The third-order valence-electron chi connectivity index (χ3n) is 4.13. The number of sulfonamides is 1. The third kappa shape index (κ3) is 3.65. The van der Waals surface area contributed by atoms with Crippen molar-refractivity contribution >= 4 is 21.4 Å². The van der Waals surface area contributed by atoms with Gasteiger partial charge in [-0.3, -0.25) is 0 Å². The summed E-state index contributed by atoms with van der Waals surface area (Å²) in [5.41, 5.74) is 0. The van der Waals surface area contributed by atoms with Gasteiger partial charge in [-0.15, -0.1) is 0 Å². The summed E-state index contributed by atoms with van der Waals surface area (Å²) < 4.78 is 37.6. The fourth-order valence-corrected chi connectivity index (χ4v) is 5.26. The first-order valence-electron chi connectivity index (χ1n) is 7.38. The smallest absolute Gasteiger partial charge is 0.243 e. The van der Waals surface area contributed by atoms with Crippen molar-refractivity contribution in [1.82, 2.24) is 4.31 Å². The molecule has 0 bridgehead atoms. The predicted octanol–water partition coefficient (Wildman–Crippen LogP) is 1.95. The van der Waals surface area contributed by atoms with Crippen LogP contribution in [0.2, 0.25) is 0 Å². The van der Waals surface area contributed by atoms with E-state index in [2.05, 4.69) is 0 Å². The average molecular weight is 331 g/mol. The number of thiophene rings is 1. The quantitative estimate of drug-likeness (QED) is 0.827. The van der Waals surface area contributed by atoms with Gasteiger partial charge >= 0.3 is 0 Å². The first-order chi connectivity index (χ1) is 10.2. The molecule has 21 heavy (non-hydrogen) atoms. The molecule has 3 rings (SSSR count). The van der Waals surface area contributed by atoms with Gasteiger partial charge in [0.15, 0.2) is 0 Å². The molecule has 2 fully saturated rings. The van der Waals surface area contributed by atoms with Crippen LogP contribution in [0, 0.1) is 5.92 Å². The van der Waals surface area contributed by atoms with Gasteiger partial charge in [-0.1, -0.05) is 0 Å². The lowest BCUT2D eigenvalue weighted by molar-refractivity contribution is 0.000486. The SMILES string of the molecule is O=S(=O)(c1ccsc1)N1CCC(OCC2CCOC2)CC1. The van der Waals surface area contributed by atoms with E-state index in [1.165, 1.54) is 11.3 Å². The number of ether oxygens (including phenoxy) is 2. The second-order valence-corrected chi connectivity index (χ2v) is 8.34. The minimum absolute atomic E-state index is 0.180. The Morgan fingerprint density at radius 2 is 2.14 bits per heavy atom. The summed E-state index contributed by atoms with van der Waals surface area (Å²) >= 11 is 1.41. The van der Waals surface area contributed by atoms with E-state index in [0.717, 1.165) is 39.1 Å². The molecule has 0 amide bonds. The van der Waals surface area contributed by atoms with E-state index in [-0.39, 0.29) is 6.10 Å². The molecule has 0 N–H and O–H groups in total. The maximum atomic E-state index is 12.4. The van der Waals surface area contributed by atoms with Gasteiger partial charge < -0.3 is 9.47 Å². The molecule has 2 aliphatic heterocycles. The molecule has 0 spiro atoms. The topological polar surface area (TPSA) is 55.8 Å². The van der Waals surface area contributed by atoms with Gasteiger partial charge in [-0.05, 0) is 30.7 Å². The highest BCUT2D eigenvalue weighted by Gasteiger charge is 2.30. The van der Waals surface area contributed by atoms with E-state index in [0.29, 0.717) is 23.9 Å². The second-order valence-electron chi connectivity index (χ2n) is 5.63. The Labute approximate surface area is 129 Å². The van der Waals surface area contributed by atoms with Crippen molar-refractivity contribution in [2.24, 2.45) is 5.92 Å². The molecular weight excluding hydrogens is 310 g/mol. The van der Waals surface area contributed by atoms with Crippen LogP contribution in [0.4, 0.5) is 0 Å². The summed E-state index contributed by atoms with van der Waals surface area (Å²) in [6, 6.07) is 1.67. The molecule has 0 aromatic carbocycles. The summed E-state index contributed by atoms with van der Waals surface area (Å²) in [7, 11) is -3.30. The molecule has 1 atom stereocenters. The normalized spacial score (nSPS) is 25.4. The van der Waals surface area contributed by atoms with E-state index in [1.807, 2.05) is 0 Å². The molecule has 0 saturated carbocycles. The van der Waals surface area contributed by atoms with Crippen LogP contribution in [0.15, 0.2) is 21.7 Å². The molecule has 5 nitrogen and oxygen atoms in total. The molecule has 118 valence electrons. The van der Waals surface area contributed by atoms with Crippen LogP contribution in [0.1, 0.15) is 19.3 Å². The van der Waals surface area contributed by atoms with E-state index in [1.54, 1.807) is 21.1 Å². The lowest BCUT2D eigenvalue weighted by atomic mass is 10.1. The van der Waals surface area contributed by atoms with Gasteiger partial charge in [0.25, 0.3) is 0 Å². The van der Waals surface area contributed by atoms with Crippen LogP contribution in [0.25, 0.3) is 0 Å². The molecule has 7 heteroatoms. The fraction of sp³-hybridized carbons (Fsp3) is 0.714. The summed E-state index contributed by atoms with van der Waals surface area (Å²) in [6.07, 6.45) is 2.80. The van der Waals surface area contributed by atoms with Gasteiger partial charge in [-0.25, -0.2) is 8.42 Å². The van der Waals surface area contributed by atoms with Crippen LogP contribution < -0.4 is 0 Å². The average Bonchev–Trinajstić information content (AvgIpc) is 3.19. The van der Waals surface area contributed by atoms with Crippen LogP contribution in [0.3, 0.4) is 0 Å². The molecule has 0 aliphatic carbocycles. The Bertz CT molecular complexity index is 529. The van der Waals surface area contributed by atoms with E-state index >= 15 is 0 Å². The highest BCUT2D eigenvalue weighted by molar-refractivity contribution is 7.89. The fourth-order valence-electron chi connectivity index (χ4n) is 2.77. The molecule has 2 saturated heterocycles. The van der Waals surface area contributed by atoms with Crippen molar-refractivity contribution in [3.05, 3.63) is 16.8 Å². The first-order valence-corrected chi connectivity index (χ1v) is 9.76. The van der Waals surface area contributed by atoms with Crippen molar-refractivity contribution < 1.29 is 17.9 Å². The summed E-state index contributed by atoms with van der Waals surface area (Å²) in [5, 5.41) is 3.49. The van der Waals surface area contributed by atoms with Crippen molar-refractivity contribution in [3.8, 4) is 0 Å². The van der Waals surface area contributed by atoms with Gasteiger partial charge in [0.1, 0.15) is 0 Å². The molecule has 3 heterocycles. The molecular formula is C14H21NO4S2. The zero-order valence-corrected chi connectivity index (χ0v) is 13.6. The maximum Gasteiger partial charge on any atom is 0.243 e. The number of hydrogen-bond donors (Lipinski definition) is 0. The zero-order valence-electron chi connectivity index (χ0n) is 11.9. The lowest BCUT2D eigenvalue weighted by Crippen LogP contribution is -2.41. The largest absolute Gasteiger partial charge is 0.381 e. The summed E-state index contributed by atoms with van der Waals surface area (Å²) in [5.74, 6) is 0.512. The van der Waals surface area contributed by atoms with Crippen molar-refractivity contribution in [1.29, 1.82) is 0 Å². The Morgan fingerprint density at radius 1 is 1.33 bits per heavy atom. The zero-order chi connectivity index (χ0) is 14.7. The van der Waals surface area contributed by atoms with E-state index in [4.69, 9.17) is 9.47 Å². The lowest BCUT2D eigenvalue weighted by Gasteiger charge is -2.31. The maximum absolute atomic E-state index is 12.4. The highest BCUT2D eigenvalue weighted by atomic mass is 32.2. The number of rotatable bonds is 5. The van der Waals surface area contributed by atoms with Gasteiger partial charge in [-0.2, -0.15) is 15.6 Å². The standard InChI is InChI=1S/C14H21NO4S2/c16-21(17,14-4-8-20-11-14)15-5-1-13(2-6-15)19-10-12-3-7-18-9-12/h4,8,11-13H,1-3,5-7,9-10H2.